The van der Waals surface area contributed by atoms with Crippen LogP contribution in [-0.4, -0.2) is 193 Å². The molecule has 3 heterocycles. The highest BCUT2D eigenvalue weighted by Crippen LogP contribution is 2.33. The van der Waals surface area contributed by atoms with Crippen molar-refractivity contribution in [1.29, 1.82) is 0 Å². The topological polar surface area (TPSA) is 307 Å². The molecule has 0 aromatic carbocycles. The summed E-state index contributed by atoms with van der Waals surface area (Å²) >= 11 is 0. The van der Waals surface area contributed by atoms with Gasteiger partial charge in [0, 0.05) is 6.42 Å². The second-order valence-electron chi connectivity index (χ2n) is 23.5. The zero-order valence-corrected chi connectivity index (χ0v) is 53.2. The van der Waals surface area contributed by atoms with Crippen LogP contribution in [0, 0.1) is 0 Å². The van der Waals surface area contributed by atoms with Gasteiger partial charge in [-0.3, -0.25) is 4.79 Å². The van der Waals surface area contributed by atoms with Gasteiger partial charge in [-0.25, -0.2) is 0 Å². The number of ether oxygens (including phenoxy) is 6. The number of carbonyl (C=O) groups is 1. The van der Waals surface area contributed by atoms with Crippen LogP contribution in [0.5, 0.6) is 0 Å². The quantitative estimate of drug-likeness (QED) is 0.0202. The minimum Gasteiger partial charge on any atom is -0.394 e. The smallest absolute Gasteiger partial charge is 0.220 e. The molecular formula is C69H117NO18. The number of aliphatic hydroxyl groups excluding tert-OH is 11. The highest BCUT2D eigenvalue weighted by Gasteiger charge is 2.53. The van der Waals surface area contributed by atoms with Crippen molar-refractivity contribution in [3.8, 4) is 0 Å². The van der Waals surface area contributed by atoms with Crippen molar-refractivity contribution in [2.75, 3.05) is 26.4 Å². The van der Waals surface area contributed by atoms with Crippen molar-refractivity contribution in [1.82, 2.24) is 5.32 Å². The van der Waals surface area contributed by atoms with E-state index in [0.29, 0.717) is 12.8 Å². The maximum absolute atomic E-state index is 13.4. The first-order valence-electron chi connectivity index (χ1n) is 33.5. The van der Waals surface area contributed by atoms with E-state index in [9.17, 15) is 61.0 Å². The lowest BCUT2D eigenvalue weighted by molar-refractivity contribution is -0.379. The Kier molecular flexibility index (Phi) is 45.1. The summed E-state index contributed by atoms with van der Waals surface area (Å²) in [6.07, 6.45) is 38.0. The van der Waals surface area contributed by atoms with Gasteiger partial charge < -0.3 is 89.9 Å². The van der Waals surface area contributed by atoms with Crippen LogP contribution in [0.3, 0.4) is 0 Å². The van der Waals surface area contributed by atoms with Gasteiger partial charge in [0.15, 0.2) is 18.9 Å². The second-order valence-corrected chi connectivity index (χ2v) is 23.5. The molecule has 3 aliphatic heterocycles. The van der Waals surface area contributed by atoms with Gasteiger partial charge in [0.05, 0.1) is 38.6 Å². The fourth-order valence-corrected chi connectivity index (χ4v) is 10.7. The fourth-order valence-electron chi connectivity index (χ4n) is 10.7. The Morgan fingerprint density at radius 3 is 1.27 bits per heavy atom. The molecule has 0 aromatic heterocycles. The van der Waals surface area contributed by atoms with Gasteiger partial charge in [-0.2, -0.15) is 0 Å². The number of rotatable bonds is 49. The number of allylic oxidation sites excluding steroid dienone is 15. The maximum atomic E-state index is 13.4. The first-order valence-corrected chi connectivity index (χ1v) is 33.5. The second kappa shape index (κ2) is 50.3. The molecule has 3 rings (SSSR count). The summed E-state index contributed by atoms with van der Waals surface area (Å²) in [6, 6.07) is -1.01. The number of hydrogen-bond acceptors (Lipinski definition) is 18. The summed E-state index contributed by atoms with van der Waals surface area (Å²) in [6.45, 7) is 1.57. The molecule has 19 heteroatoms. The Morgan fingerprint density at radius 1 is 0.420 bits per heavy atom. The minimum absolute atomic E-state index is 0.219. The van der Waals surface area contributed by atoms with Crippen LogP contribution >= 0.6 is 0 Å². The van der Waals surface area contributed by atoms with E-state index in [0.717, 1.165) is 89.9 Å². The predicted octanol–water partition coefficient (Wildman–Crippen LogP) is 8.10. The summed E-state index contributed by atoms with van der Waals surface area (Å²) in [5.41, 5.74) is 0. The van der Waals surface area contributed by atoms with Gasteiger partial charge in [-0.1, -0.05) is 201 Å². The number of carbonyl (C=O) groups excluding carboxylic acids is 1. The molecule has 506 valence electrons. The highest BCUT2D eigenvalue weighted by atomic mass is 16.8. The maximum Gasteiger partial charge on any atom is 0.220 e. The molecule has 0 aromatic rings. The molecule has 3 saturated heterocycles. The Bertz CT molecular complexity index is 1970. The molecular weight excluding hydrogens is 1130 g/mol. The summed E-state index contributed by atoms with van der Waals surface area (Å²) in [4.78, 5) is 13.4. The Labute approximate surface area is 526 Å². The molecule has 0 bridgehead atoms. The van der Waals surface area contributed by atoms with Gasteiger partial charge in [0.1, 0.15) is 73.2 Å². The molecule has 0 spiro atoms. The zero-order valence-electron chi connectivity index (χ0n) is 53.2. The summed E-state index contributed by atoms with van der Waals surface area (Å²) in [5.74, 6) is -0.301. The number of hydrogen-bond donors (Lipinski definition) is 12. The predicted molar refractivity (Wildman–Crippen MR) is 341 cm³/mol. The van der Waals surface area contributed by atoms with Gasteiger partial charge >= 0.3 is 0 Å². The molecule has 17 unspecified atom stereocenters. The van der Waals surface area contributed by atoms with Crippen molar-refractivity contribution in [3.05, 3.63) is 97.2 Å². The fraction of sp³-hybridized carbons (Fsp3) is 0.754. The van der Waals surface area contributed by atoms with E-state index >= 15 is 0 Å². The van der Waals surface area contributed by atoms with E-state index in [1.165, 1.54) is 77.0 Å². The van der Waals surface area contributed by atoms with Crippen LogP contribution in [0.2, 0.25) is 0 Å². The van der Waals surface area contributed by atoms with Gasteiger partial charge in [-0.15, -0.1) is 0 Å². The number of nitrogens with one attached hydrogen (secondary N) is 1. The van der Waals surface area contributed by atoms with E-state index in [1.54, 1.807) is 6.08 Å². The van der Waals surface area contributed by atoms with E-state index in [1.807, 2.05) is 6.08 Å². The van der Waals surface area contributed by atoms with Crippen LogP contribution in [0.4, 0.5) is 0 Å². The normalized spacial score (nSPS) is 29.0. The molecule has 0 radical (unpaired) electrons. The van der Waals surface area contributed by atoms with Crippen molar-refractivity contribution in [2.45, 2.75) is 304 Å². The summed E-state index contributed by atoms with van der Waals surface area (Å²) in [5, 5.41) is 120. The van der Waals surface area contributed by atoms with Crippen molar-refractivity contribution in [2.24, 2.45) is 0 Å². The van der Waals surface area contributed by atoms with Crippen molar-refractivity contribution < 1.29 is 89.4 Å². The molecule has 17 atom stereocenters. The van der Waals surface area contributed by atoms with Crippen LogP contribution in [-0.2, 0) is 33.2 Å². The van der Waals surface area contributed by atoms with Crippen LogP contribution < -0.4 is 5.32 Å². The van der Waals surface area contributed by atoms with Crippen molar-refractivity contribution in [3.63, 3.8) is 0 Å². The average Bonchev–Trinajstić information content (AvgIpc) is 3.70. The Morgan fingerprint density at radius 2 is 0.795 bits per heavy atom. The van der Waals surface area contributed by atoms with E-state index in [-0.39, 0.29) is 18.9 Å². The molecule has 3 aliphatic rings. The van der Waals surface area contributed by atoms with Gasteiger partial charge in [-0.05, 0) is 89.9 Å². The average molecular weight is 1250 g/mol. The standard InChI is InChI=1S/C69H117NO18/c1-3-5-7-9-11-13-15-17-19-21-23-24-25-26-27-28-29-31-33-35-37-39-41-43-45-47-57(75)70-52(53(74)46-44-42-40-38-36-34-32-30-22-20-18-16-14-12-10-8-6-4-2)51-83-67-63(81)60(78)65(55(49-72)85-67)88-69-64(82)61(79)66(56(50-73)86-69)87-68-62(80)59(77)58(76)54(48-71)84-68/h5,7,11,13,17,19,22-24,26-27,30,36,38,44,46,52-56,58-69,71-74,76-82H,3-4,6,8-10,12,14-16,18,20-21,25,28-29,31-35,37,39-43,45,47-51H2,1-2H3,(H,70,75)/b7-5-,13-11-,19-17-,24-23-,27-26-,30-22+,38-36+,46-44+. The SMILES string of the molecule is CC/C=C\C/C=C\C/C=C\C/C=C\C/C=C\CCCCCCCCCCCC(=O)NC(COC1OC(CO)C(OC2OC(CO)C(OC3OC(CO)C(O)C(O)C3O)C(O)C2O)C(O)C1O)C(O)/C=C/CC/C=C/CC/C=C/CCCCCCCCCC. The number of unbranched alkanes of at least 4 members (excludes halogenated alkanes) is 19. The van der Waals surface area contributed by atoms with Crippen LogP contribution in [0.25, 0.3) is 0 Å². The Balaban J connectivity index is 1.47. The lowest BCUT2D eigenvalue weighted by Gasteiger charge is -2.48. The molecule has 0 aliphatic carbocycles. The molecule has 3 fully saturated rings. The van der Waals surface area contributed by atoms with Crippen molar-refractivity contribution >= 4 is 5.91 Å². The third kappa shape index (κ3) is 32.3. The lowest BCUT2D eigenvalue weighted by atomic mass is 9.96. The first kappa shape index (κ1) is 78.9. The summed E-state index contributed by atoms with van der Waals surface area (Å²) < 4.78 is 34.3. The zero-order chi connectivity index (χ0) is 64.0. The van der Waals surface area contributed by atoms with E-state index in [4.69, 9.17) is 28.4 Å². The molecule has 19 nitrogen and oxygen atoms in total. The molecule has 12 N–H and O–H groups in total. The summed E-state index contributed by atoms with van der Waals surface area (Å²) in [7, 11) is 0. The van der Waals surface area contributed by atoms with Crippen LogP contribution in [0.1, 0.15) is 200 Å². The number of aliphatic hydroxyl groups is 11. The largest absolute Gasteiger partial charge is 0.394 e. The Hall–Kier alpha value is -3.29. The van der Waals surface area contributed by atoms with E-state index in [2.05, 4.69) is 104 Å². The van der Waals surface area contributed by atoms with Crippen LogP contribution in [0.15, 0.2) is 97.2 Å². The highest BCUT2D eigenvalue weighted by molar-refractivity contribution is 5.76. The third-order valence-corrected chi connectivity index (χ3v) is 16.1. The third-order valence-electron chi connectivity index (χ3n) is 16.1. The first-order chi connectivity index (χ1) is 42.8. The molecule has 88 heavy (non-hydrogen) atoms. The molecule has 1 amide bonds. The lowest BCUT2D eigenvalue weighted by Crippen LogP contribution is -2.66. The van der Waals surface area contributed by atoms with Gasteiger partial charge in [0.2, 0.25) is 5.91 Å². The minimum atomic E-state index is -1.99. The van der Waals surface area contributed by atoms with Gasteiger partial charge in [0.25, 0.3) is 0 Å². The monoisotopic (exact) mass is 1250 g/mol. The number of amides is 1. The molecule has 0 saturated carbocycles. The van der Waals surface area contributed by atoms with E-state index < -0.39 is 124 Å².